The summed E-state index contributed by atoms with van der Waals surface area (Å²) in [6.45, 7) is 1.74. The lowest BCUT2D eigenvalue weighted by atomic mass is 9.93. The zero-order chi connectivity index (χ0) is 21.0. The number of aliphatic hydroxyl groups is 1. The van der Waals surface area contributed by atoms with Crippen LogP contribution < -0.4 is 10.5 Å². The van der Waals surface area contributed by atoms with Crippen molar-refractivity contribution in [3.05, 3.63) is 29.3 Å². The molecule has 28 heavy (non-hydrogen) atoms. The van der Waals surface area contributed by atoms with E-state index in [1.165, 1.54) is 6.07 Å². The molecular weight excluding hydrogens is 394 g/mol. The van der Waals surface area contributed by atoms with Crippen molar-refractivity contribution in [1.82, 2.24) is 0 Å². The first kappa shape index (κ1) is 24.8. The molecule has 1 atom stereocenters. The van der Waals surface area contributed by atoms with Gasteiger partial charge in [0.15, 0.2) is 0 Å². The molecule has 0 bridgehead atoms. The zero-order valence-electron chi connectivity index (χ0n) is 16.1. The number of halogens is 3. The van der Waals surface area contributed by atoms with Crippen LogP contribution in [0, 0.1) is 0 Å². The Labute approximate surface area is 165 Å². The van der Waals surface area contributed by atoms with Crippen LogP contribution in [-0.2, 0) is 21.7 Å². The minimum absolute atomic E-state index is 0.167. The Morgan fingerprint density at radius 2 is 1.89 bits per heavy atom. The number of hydrogen-bond donors (Lipinski definition) is 2. The molecule has 1 rings (SSSR count). The van der Waals surface area contributed by atoms with Crippen molar-refractivity contribution >= 4 is 8.69 Å². The lowest BCUT2D eigenvalue weighted by Gasteiger charge is -2.25. The topological polar surface area (TPSA) is 81.8 Å². The van der Waals surface area contributed by atoms with Gasteiger partial charge in [0.2, 0.25) is 0 Å². The first-order valence-corrected chi connectivity index (χ1v) is 10.2. The molecule has 0 radical (unpaired) electrons. The van der Waals surface area contributed by atoms with E-state index >= 15 is 0 Å². The molecule has 0 aromatic heterocycles. The molecule has 160 valence electrons. The third-order valence-electron chi connectivity index (χ3n) is 4.49. The van der Waals surface area contributed by atoms with Gasteiger partial charge in [-0.1, -0.05) is 38.7 Å². The number of aliphatic hydroxyl groups excluding tert-OH is 1. The van der Waals surface area contributed by atoms with E-state index in [0.717, 1.165) is 31.7 Å². The van der Waals surface area contributed by atoms with Gasteiger partial charge in [0.1, 0.15) is 5.75 Å². The number of nitrogens with two attached hydrogens (primary N) is 1. The van der Waals surface area contributed by atoms with Gasteiger partial charge in [-0.3, -0.25) is 4.52 Å². The van der Waals surface area contributed by atoms with E-state index in [9.17, 15) is 22.8 Å². The Kier molecular flexibility index (Phi) is 11.0. The summed E-state index contributed by atoms with van der Waals surface area (Å²) in [4.78, 5) is 0. The Bertz CT molecular complexity index is 601. The number of unbranched alkanes of at least 4 members (excludes halogenated alkanes) is 4. The first-order chi connectivity index (χ1) is 13.3. The van der Waals surface area contributed by atoms with Gasteiger partial charge >= 0.3 is 14.9 Å². The molecular formula is C19H29F3NO4P. The minimum Gasteiger partial charge on any atom is -0.493 e. The Morgan fingerprint density at radius 3 is 2.50 bits per heavy atom. The molecule has 5 nitrogen and oxygen atoms in total. The largest absolute Gasteiger partial charge is 0.493 e. The second-order valence-corrected chi connectivity index (χ2v) is 7.37. The fourth-order valence-corrected chi connectivity index (χ4v) is 3.02. The first-order valence-electron chi connectivity index (χ1n) is 9.43. The Morgan fingerprint density at radius 1 is 1.18 bits per heavy atom. The van der Waals surface area contributed by atoms with Crippen LogP contribution >= 0.6 is 8.69 Å². The molecule has 0 amide bonds. The molecule has 3 N–H and O–H groups in total. The Hall–Kier alpha value is -1.21. The van der Waals surface area contributed by atoms with Crippen LogP contribution in [0.4, 0.5) is 13.2 Å². The van der Waals surface area contributed by atoms with Crippen molar-refractivity contribution in [2.45, 2.75) is 63.6 Å². The lowest BCUT2D eigenvalue weighted by Crippen LogP contribution is -2.47. The number of aryl methyl sites for hydroxylation is 1. The molecule has 0 saturated heterocycles. The van der Waals surface area contributed by atoms with E-state index in [0.29, 0.717) is 12.0 Å². The maximum Gasteiger partial charge on any atom is 0.419 e. The van der Waals surface area contributed by atoms with E-state index in [1.54, 1.807) is 6.07 Å². The van der Waals surface area contributed by atoms with Crippen LogP contribution in [0.5, 0.6) is 5.75 Å². The number of hydrogen-bond acceptors (Lipinski definition) is 5. The summed E-state index contributed by atoms with van der Waals surface area (Å²) < 4.78 is 60.7. The summed E-state index contributed by atoms with van der Waals surface area (Å²) in [6, 6.07) is 3.94. The van der Waals surface area contributed by atoms with Gasteiger partial charge < -0.3 is 15.6 Å². The van der Waals surface area contributed by atoms with Gasteiger partial charge in [0.25, 0.3) is 0 Å². The van der Waals surface area contributed by atoms with Gasteiger partial charge in [0, 0.05) is 0 Å². The van der Waals surface area contributed by atoms with Crippen molar-refractivity contribution < 1.29 is 32.1 Å². The van der Waals surface area contributed by atoms with Crippen molar-refractivity contribution in [1.29, 1.82) is 0 Å². The second-order valence-electron chi connectivity index (χ2n) is 6.96. The van der Waals surface area contributed by atoms with Crippen LogP contribution in [0.2, 0.25) is 0 Å². The van der Waals surface area contributed by atoms with E-state index in [1.807, 2.05) is 0 Å². The van der Waals surface area contributed by atoms with Gasteiger partial charge in [-0.15, -0.1) is 0 Å². The Balaban J connectivity index is 2.76. The van der Waals surface area contributed by atoms with Crippen LogP contribution in [0.15, 0.2) is 18.2 Å². The highest BCUT2D eigenvalue weighted by atomic mass is 31.1. The molecule has 0 fully saturated rings. The van der Waals surface area contributed by atoms with Crippen LogP contribution in [-0.4, -0.2) is 30.5 Å². The molecule has 0 aliphatic heterocycles. The van der Waals surface area contributed by atoms with E-state index < -0.39 is 32.6 Å². The number of rotatable bonds is 14. The fraction of sp³-hybridized carbons (Fsp3) is 0.684. The van der Waals surface area contributed by atoms with Crippen molar-refractivity contribution in [3.8, 4) is 5.75 Å². The van der Waals surface area contributed by atoms with Gasteiger partial charge in [0.05, 0.1) is 30.9 Å². The lowest BCUT2D eigenvalue weighted by molar-refractivity contribution is -0.139. The number of ether oxygens (including phenoxy) is 1. The van der Waals surface area contributed by atoms with Crippen LogP contribution in [0.3, 0.4) is 0 Å². The molecule has 0 aliphatic rings. The SMILES string of the molecule is CCCCCCCOc1ccc(CCC(N)(CO)COP=O)cc1C(F)(F)F. The van der Waals surface area contributed by atoms with Crippen molar-refractivity contribution in [3.63, 3.8) is 0 Å². The molecule has 1 aromatic carbocycles. The third-order valence-corrected chi connectivity index (χ3v) is 4.72. The van der Waals surface area contributed by atoms with Crippen LogP contribution in [0.25, 0.3) is 0 Å². The molecule has 0 heterocycles. The summed E-state index contributed by atoms with van der Waals surface area (Å²) in [7, 11) is -0.567. The zero-order valence-corrected chi connectivity index (χ0v) is 17.0. The number of benzene rings is 1. The highest BCUT2D eigenvalue weighted by Crippen LogP contribution is 2.37. The van der Waals surface area contributed by atoms with Gasteiger partial charge in [-0.05, 0) is 37.0 Å². The molecule has 0 spiro atoms. The average Bonchev–Trinajstić information content (AvgIpc) is 2.67. The molecule has 0 saturated carbocycles. The molecule has 1 unspecified atom stereocenters. The summed E-state index contributed by atoms with van der Waals surface area (Å²) >= 11 is 0. The van der Waals surface area contributed by atoms with E-state index in [2.05, 4.69) is 11.4 Å². The van der Waals surface area contributed by atoms with E-state index in [-0.39, 0.29) is 31.8 Å². The molecule has 1 aromatic rings. The normalized spacial score (nSPS) is 14.2. The second kappa shape index (κ2) is 12.4. The average molecular weight is 423 g/mol. The summed E-state index contributed by atoms with van der Waals surface area (Å²) in [5, 5.41) is 9.38. The predicted molar refractivity (Wildman–Crippen MR) is 102 cm³/mol. The smallest absolute Gasteiger partial charge is 0.419 e. The van der Waals surface area contributed by atoms with Crippen molar-refractivity contribution in [2.75, 3.05) is 19.8 Å². The summed E-state index contributed by atoms with van der Waals surface area (Å²) in [5.41, 5.74) is 4.36. The third kappa shape index (κ3) is 8.86. The van der Waals surface area contributed by atoms with Gasteiger partial charge in [-0.2, -0.15) is 13.2 Å². The summed E-state index contributed by atoms with van der Waals surface area (Å²) in [6.07, 6.45) is 0.746. The van der Waals surface area contributed by atoms with E-state index in [4.69, 9.17) is 10.5 Å². The molecule has 0 aliphatic carbocycles. The predicted octanol–water partition coefficient (Wildman–Crippen LogP) is 4.90. The standard InChI is InChI=1S/C19H29F3NO4P/c1-2-3-4-5-6-11-26-17-8-7-15(12-16(17)19(20,21)22)9-10-18(23,13-24)14-27-28-25/h7-8,12,24H,2-6,9-11,13-14,23H2,1H3. The maximum absolute atomic E-state index is 13.4. The van der Waals surface area contributed by atoms with Gasteiger partial charge in [-0.25, -0.2) is 4.57 Å². The maximum atomic E-state index is 13.4. The highest BCUT2D eigenvalue weighted by Gasteiger charge is 2.35. The monoisotopic (exact) mass is 423 g/mol. The minimum atomic E-state index is -4.53. The molecule has 9 heteroatoms. The number of alkyl halides is 3. The quantitative estimate of drug-likeness (QED) is 0.329. The fourth-order valence-electron chi connectivity index (χ4n) is 2.71. The highest BCUT2D eigenvalue weighted by molar-refractivity contribution is 7.17. The van der Waals surface area contributed by atoms with Crippen molar-refractivity contribution in [2.24, 2.45) is 5.73 Å². The summed E-state index contributed by atoms with van der Waals surface area (Å²) in [5.74, 6) is -0.179. The van der Waals surface area contributed by atoms with Crippen LogP contribution in [0.1, 0.15) is 56.6 Å².